The number of pyridine rings is 1. The van der Waals surface area contributed by atoms with Crippen LogP contribution in [0.1, 0.15) is 18.4 Å². The van der Waals surface area contributed by atoms with Crippen molar-refractivity contribution in [2.75, 3.05) is 6.61 Å². The topological polar surface area (TPSA) is 42.4 Å². The zero-order valence-corrected chi connectivity index (χ0v) is 11.7. The lowest BCUT2D eigenvalue weighted by atomic mass is 10.2. The minimum absolute atomic E-state index is 0.216. The summed E-state index contributed by atoms with van der Waals surface area (Å²) < 4.78 is 18.6. The lowest BCUT2D eigenvalue weighted by Crippen LogP contribution is -2.26. The third-order valence-corrected chi connectivity index (χ3v) is 3.79. The molecule has 0 saturated heterocycles. The van der Waals surface area contributed by atoms with Gasteiger partial charge in [-0.05, 0) is 40.4 Å². The summed E-state index contributed by atoms with van der Waals surface area (Å²) in [4.78, 5) is 17.2. The molecule has 0 unspecified atom stereocenters. The molecule has 2 heterocycles. The summed E-state index contributed by atoms with van der Waals surface area (Å²) in [7, 11) is 0. The standard InChI is InChI=1S/C13H12BrFN2O2/c14-13-11(15)3-8(5-16-13)6-17(9-1-2-9)10-4-12(18)19-7-10/h3-5,9H,1-2,6-7H2. The molecule has 1 aromatic heterocycles. The molecule has 0 N–H and O–H groups in total. The molecule has 0 aromatic carbocycles. The van der Waals surface area contributed by atoms with Crippen LogP contribution >= 0.6 is 15.9 Å². The second-order valence-electron chi connectivity index (χ2n) is 4.72. The van der Waals surface area contributed by atoms with Gasteiger partial charge in [0.15, 0.2) is 5.82 Å². The van der Waals surface area contributed by atoms with E-state index in [1.807, 2.05) is 0 Å². The van der Waals surface area contributed by atoms with Gasteiger partial charge in [0.05, 0.1) is 5.70 Å². The molecule has 1 fully saturated rings. The van der Waals surface area contributed by atoms with Crippen molar-refractivity contribution in [3.8, 4) is 0 Å². The summed E-state index contributed by atoms with van der Waals surface area (Å²) in [6, 6.07) is 1.89. The number of esters is 1. The zero-order chi connectivity index (χ0) is 13.4. The molecule has 1 aliphatic carbocycles. The fourth-order valence-electron chi connectivity index (χ4n) is 2.13. The van der Waals surface area contributed by atoms with Crippen LogP contribution in [0, 0.1) is 5.82 Å². The van der Waals surface area contributed by atoms with Gasteiger partial charge in [0.1, 0.15) is 11.2 Å². The Morgan fingerprint density at radius 2 is 2.32 bits per heavy atom. The van der Waals surface area contributed by atoms with Crippen LogP contribution in [0.2, 0.25) is 0 Å². The van der Waals surface area contributed by atoms with E-state index < -0.39 is 0 Å². The SMILES string of the molecule is O=C1C=C(N(Cc2cnc(Br)c(F)c2)C2CC2)CO1. The monoisotopic (exact) mass is 326 g/mol. The van der Waals surface area contributed by atoms with Gasteiger partial charge in [-0.2, -0.15) is 0 Å². The Balaban J connectivity index is 1.80. The molecule has 1 aliphatic heterocycles. The van der Waals surface area contributed by atoms with Crippen LogP contribution in [0.15, 0.2) is 28.6 Å². The maximum Gasteiger partial charge on any atom is 0.333 e. The van der Waals surface area contributed by atoms with Crippen molar-refractivity contribution < 1.29 is 13.9 Å². The first kappa shape index (κ1) is 12.6. The van der Waals surface area contributed by atoms with E-state index in [0.29, 0.717) is 19.2 Å². The van der Waals surface area contributed by atoms with E-state index in [1.54, 1.807) is 6.20 Å². The molecule has 3 rings (SSSR count). The van der Waals surface area contributed by atoms with E-state index in [0.717, 1.165) is 24.1 Å². The molecular weight excluding hydrogens is 315 g/mol. The summed E-state index contributed by atoms with van der Waals surface area (Å²) >= 11 is 3.04. The fourth-order valence-corrected chi connectivity index (χ4v) is 2.34. The summed E-state index contributed by atoms with van der Waals surface area (Å²) in [6.45, 7) is 0.853. The van der Waals surface area contributed by atoms with Crippen molar-refractivity contribution >= 4 is 21.9 Å². The van der Waals surface area contributed by atoms with Crippen LogP contribution < -0.4 is 0 Å². The van der Waals surface area contributed by atoms with Crippen LogP contribution in [0.25, 0.3) is 0 Å². The minimum Gasteiger partial charge on any atom is -0.456 e. The Morgan fingerprint density at radius 1 is 1.53 bits per heavy atom. The highest BCUT2D eigenvalue weighted by molar-refractivity contribution is 9.10. The highest BCUT2D eigenvalue weighted by atomic mass is 79.9. The van der Waals surface area contributed by atoms with Gasteiger partial charge < -0.3 is 9.64 Å². The van der Waals surface area contributed by atoms with Crippen LogP contribution in [0.5, 0.6) is 0 Å². The van der Waals surface area contributed by atoms with Crippen LogP contribution in [-0.4, -0.2) is 28.5 Å². The van der Waals surface area contributed by atoms with Crippen LogP contribution in [-0.2, 0) is 16.1 Å². The van der Waals surface area contributed by atoms with Gasteiger partial charge in [0.25, 0.3) is 0 Å². The Morgan fingerprint density at radius 3 is 2.89 bits per heavy atom. The molecular formula is C13H12BrFN2O2. The molecule has 0 spiro atoms. The predicted octanol–water partition coefficient (Wildman–Crippen LogP) is 2.39. The fraction of sp³-hybridized carbons (Fsp3) is 0.385. The third-order valence-electron chi connectivity index (χ3n) is 3.21. The highest BCUT2D eigenvalue weighted by Crippen LogP contribution is 2.33. The van der Waals surface area contributed by atoms with E-state index in [1.165, 1.54) is 12.1 Å². The Kier molecular flexibility index (Phi) is 3.26. The van der Waals surface area contributed by atoms with E-state index >= 15 is 0 Å². The second-order valence-corrected chi connectivity index (χ2v) is 5.47. The predicted molar refractivity (Wildman–Crippen MR) is 69.5 cm³/mol. The van der Waals surface area contributed by atoms with E-state index in [9.17, 15) is 9.18 Å². The number of rotatable bonds is 4. The molecule has 0 bridgehead atoms. The smallest absolute Gasteiger partial charge is 0.333 e. The molecule has 100 valence electrons. The van der Waals surface area contributed by atoms with Crippen molar-refractivity contribution in [2.45, 2.75) is 25.4 Å². The number of carbonyl (C=O) groups excluding carboxylic acids is 1. The summed E-state index contributed by atoms with van der Waals surface area (Å²) in [5.41, 5.74) is 1.66. The van der Waals surface area contributed by atoms with Crippen molar-refractivity contribution in [3.05, 3.63) is 40.0 Å². The lowest BCUT2D eigenvalue weighted by molar-refractivity contribution is -0.135. The number of aromatic nitrogens is 1. The van der Waals surface area contributed by atoms with Gasteiger partial charge in [0, 0.05) is 24.9 Å². The summed E-state index contributed by atoms with van der Waals surface area (Å²) in [5.74, 6) is -0.679. The maximum absolute atomic E-state index is 13.5. The molecule has 2 aliphatic rings. The summed E-state index contributed by atoms with van der Waals surface area (Å²) in [6.07, 6.45) is 5.34. The number of cyclic esters (lactones) is 1. The van der Waals surface area contributed by atoms with Crippen molar-refractivity contribution in [2.24, 2.45) is 0 Å². The van der Waals surface area contributed by atoms with Crippen molar-refractivity contribution in [1.29, 1.82) is 0 Å². The first-order valence-electron chi connectivity index (χ1n) is 6.07. The minimum atomic E-state index is -0.374. The number of hydrogen-bond donors (Lipinski definition) is 0. The molecule has 1 aromatic rings. The highest BCUT2D eigenvalue weighted by Gasteiger charge is 2.33. The van der Waals surface area contributed by atoms with Gasteiger partial charge in [-0.3, -0.25) is 0 Å². The molecule has 1 saturated carbocycles. The Labute approximate surface area is 118 Å². The average molecular weight is 327 g/mol. The van der Waals surface area contributed by atoms with Gasteiger partial charge in [-0.25, -0.2) is 14.2 Å². The Bertz CT molecular complexity index is 558. The van der Waals surface area contributed by atoms with E-state index in [-0.39, 0.29) is 16.4 Å². The van der Waals surface area contributed by atoms with Gasteiger partial charge in [-0.1, -0.05) is 0 Å². The number of halogens is 2. The second kappa shape index (κ2) is 4.92. The average Bonchev–Trinajstić information content (AvgIpc) is 3.13. The largest absolute Gasteiger partial charge is 0.456 e. The molecule has 0 amide bonds. The van der Waals surface area contributed by atoms with Gasteiger partial charge in [0.2, 0.25) is 0 Å². The van der Waals surface area contributed by atoms with Gasteiger partial charge in [-0.15, -0.1) is 0 Å². The van der Waals surface area contributed by atoms with Crippen LogP contribution in [0.4, 0.5) is 4.39 Å². The van der Waals surface area contributed by atoms with E-state index in [4.69, 9.17) is 4.74 Å². The molecule has 4 nitrogen and oxygen atoms in total. The maximum atomic E-state index is 13.5. The number of nitrogens with zero attached hydrogens (tertiary/aromatic N) is 2. The van der Waals surface area contributed by atoms with Crippen molar-refractivity contribution in [3.63, 3.8) is 0 Å². The van der Waals surface area contributed by atoms with Gasteiger partial charge >= 0.3 is 5.97 Å². The van der Waals surface area contributed by atoms with E-state index in [2.05, 4.69) is 25.8 Å². The summed E-state index contributed by atoms with van der Waals surface area (Å²) in [5, 5.41) is 0. The molecule has 0 atom stereocenters. The lowest BCUT2D eigenvalue weighted by Gasteiger charge is -2.24. The first-order valence-corrected chi connectivity index (χ1v) is 6.86. The van der Waals surface area contributed by atoms with Crippen LogP contribution in [0.3, 0.4) is 0 Å². The quantitative estimate of drug-likeness (QED) is 0.629. The zero-order valence-electron chi connectivity index (χ0n) is 10.1. The first-order chi connectivity index (χ1) is 9.13. The molecule has 0 radical (unpaired) electrons. The molecule has 19 heavy (non-hydrogen) atoms. The number of ether oxygens (including phenoxy) is 1. The third kappa shape index (κ3) is 2.78. The molecule has 6 heteroatoms. The normalized spacial score (nSPS) is 18.2. The van der Waals surface area contributed by atoms with Crippen molar-refractivity contribution in [1.82, 2.24) is 9.88 Å². The number of carbonyl (C=O) groups is 1. The number of hydrogen-bond acceptors (Lipinski definition) is 4. The Hall–Kier alpha value is -1.43.